The van der Waals surface area contributed by atoms with Gasteiger partial charge in [0.05, 0.1) is 24.0 Å². The second-order valence-electron chi connectivity index (χ2n) is 5.46. The summed E-state index contributed by atoms with van der Waals surface area (Å²) in [5, 5.41) is 9.86. The molecule has 1 fully saturated rings. The van der Waals surface area contributed by atoms with Crippen LogP contribution in [-0.4, -0.2) is 28.6 Å². The molecule has 4 nitrogen and oxygen atoms in total. The van der Waals surface area contributed by atoms with E-state index in [0.29, 0.717) is 5.56 Å². The number of hydrogen-bond donors (Lipinski definition) is 1. The zero-order valence-electron chi connectivity index (χ0n) is 12.0. The molecule has 1 aromatic carbocycles. The van der Waals surface area contributed by atoms with Gasteiger partial charge in [0.2, 0.25) is 0 Å². The van der Waals surface area contributed by atoms with Crippen LogP contribution in [0.3, 0.4) is 0 Å². The summed E-state index contributed by atoms with van der Waals surface area (Å²) in [4.78, 5) is 13.8. The first-order valence-electron chi connectivity index (χ1n) is 7.06. The van der Waals surface area contributed by atoms with Crippen LogP contribution < -0.4 is 0 Å². The van der Waals surface area contributed by atoms with Gasteiger partial charge in [-0.1, -0.05) is 12.1 Å². The van der Waals surface area contributed by atoms with Crippen LogP contribution >= 0.6 is 0 Å². The highest BCUT2D eigenvalue weighted by Gasteiger charge is 2.38. The molecule has 0 saturated carbocycles. The van der Waals surface area contributed by atoms with Crippen molar-refractivity contribution in [1.29, 1.82) is 0 Å². The van der Waals surface area contributed by atoms with Crippen LogP contribution in [0.4, 0.5) is 13.2 Å². The number of carbonyl (C=O) groups is 1. The molecule has 2 aromatic rings. The number of benzene rings is 1. The lowest BCUT2D eigenvalue weighted by atomic mass is 10.0. The number of aliphatic hydroxyl groups is 1. The van der Waals surface area contributed by atoms with Gasteiger partial charge in [-0.15, -0.1) is 0 Å². The lowest BCUT2D eigenvalue weighted by Gasteiger charge is -2.24. The molecule has 2 heterocycles. The fourth-order valence-corrected chi connectivity index (χ4v) is 2.82. The van der Waals surface area contributed by atoms with Crippen molar-refractivity contribution >= 4 is 5.91 Å². The van der Waals surface area contributed by atoms with Crippen molar-refractivity contribution in [3.05, 3.63) is 59.5 Å². The molecule has 2 atom stereocenters. The molecule has 23 heavy (non-hydrogen) atoms. The summed E-state index contributed by atoms with van der Waals surface area (Å²) >= 11 is 0. The number of likely N-dealkylation sites (tertiary alicyclic amines) is 1. The smallest absolute Gasteiger partial charge is 0.416 e. The molecule has 1 aliphatic heterocycles. The van der Waals surface area contributed by atoms with Gasteiger partial charge in [-0.05, 0) is 36.2 Å². The first kappa shape index (κ1) is 15.6. The maximum atomic E-state index is 12.9. The SMILES string of the molecule is O=C(c1ccco1)N1C[C@H](O)C[C@H]1c1cccc(C(F)(F)F)c1. The standard InChI is InChI=1S/C16H14F3NO3/c17-16(18,19)11-4-1-3-10(7-11)13-8-12(21)9-20(13)15(22)14-5-2-6-23-14/h1-7,12-13,21H,8-9H2/t12-,13+/m1/s1. The minimum Gasteiger partial charge on any atom is -0.459 e. The van der Waals surface area contributed by atoms with Crippen LogP contribution in [0.2, 0.25) is 0 Å². The molecule has 0 aliphatic carbocycles. The van der Waals surface area contributed by atoms with Gasteiger partial charge in [-0.3, -0.25) is 4.79 Å². The number of carbonyl (C=O) groups excluding carboxylic acids is 1. The molecule has 0 bridgehead atoms. The first-order chi connectivity index (χ1) is 10.9. The Morgan fingerprint density at radius 3 is 2.70 bits per heavy atom. The molecular formula is C16H14F3NO3. The largest absolute Gasteiger partial charge is 0.459 e. The van der Waals surface area contributed by atoms with E-state index in [1.807, 2.05) is 0 Å². The second kappa shape index (κ2) is 5.73. The molecule has 0 unspecified atom stereocenters. The van der Waals surface area contributed by atoms with Crippen LogP contribution in [-0.2, 0) is 6.18 Å². The van der Waals surface area contributed by atoms with Gasteiger partial charge in [0, 0.05) is 6.54 Å². The lowest BCUT2D eigenvalue weighted by molar-refractivity contribution is -0.137. The van der Waals surface area contributed by atoms with Crippen molar-refractivity contribution in [3.8, 4) is 0 Å². The van der Waals surface area contributed by atoms with Gasteiger partial charge in [-0.25, -0.2) is 0 Å². The molecule has 1 aromatic heterocycles. The molecule has 7 heteroatoms. The van der Waals surface area contributed by atoms with E-state index in [1.54, 1.807) is 6.07 Å². The number of furan rings is 1. The van der Waals surface area contributed by atoms with Crippen LogP contribution in [0, 0.1) is 0 Å². The molecule has 1 aliphatic rings. The Hall–Kier alpha value is -2.28. The lowest BCUT2D eigenvalue weighted by Crippen LogP contribution is -2.31. The summed E-state index contributed by atoms with van der Waals surface area (Å²) in [5.74, 6) is -0.356. The molecule has 1 amide bonds. The van der Waals surface area contributed by atoms with E-state index in [9.17, 15) is 23.1 Å². The van der Waals surface area contributed by atoms with Crippen molar-refractivity contribution in [3.63, 3.8) is 0 Å². The zero-order valence-corrected chi connectivity index (χ0v) is 12.0. The Labute approximate surface area is 130 Å². The number of halogens is 3. The van der Waals surface area contributed by atoms with Crippen molar-refractivity contribution in [2.24, 2.45) is 0 Å². The topological polar surface area (TPSA) is 53.7 Å². The van der Waals surface area contributed by atoms with E-state index < -0.39 is 29.8 Å². The van der Waals surface area contributed by atoms with Gasteiger partial charge < -0.3 is 14.4 Å². The van der Waals surface area contributed by atoms with E-state index >= 15 is 0 Å². The van der Waals surface area contributed by atoms with Crippen molar-refractivity contribution < 1.29 is 27.5 Å². The maximum Gasteiger partial charge on any atom is 0.416 e. The van der Waals surface area contributed by atoms with E-state index in [2.05, 4.69) is 0 Å². The van der Waals surface area contributed by atoms with Gasteiger partial charge in [-0.2, -0.15) is 13.2 Å². The number of β-amino-alcohol motifs (C(OH)–C–C–N with tert-alkyl or cyclic N) is 1. The average Bonchev–Trinajstić information content (AvgIpc) is 3.15. The summed E-state index contributed by atoms with van der Waals surface area (Å²) in [6.07, 6.45) is -3.70. The molecule has 1 saturated heterocycles. The zero-order chi connectivity index (χ0) is 16.6. The number of nitrogens with zero attached hydrogens (tertiary/aromatic N) is 1. The first-order valence-corrected chi connectivity index (χ1v) is 7.06. The van der Waals surface area contributed by atoms with Gasteiger partial charge in [0.15, 0.2) is 5.76 Å². The molecule has 122 valence electrons. The van der Waals surface area contributed by atoms with E-state index in [4.69, 9.17) is 4.42 Å². The van der Waals surface area contributed by atoms with E-state index in [0.717, 1.165) is 12.1 Å². The van der Waals surface area contributed by atoms with Gasteiger partial charge in [0.25, 0.3) is 5.91 Å². The Kier molecular flexibility index (Phi) is 3.89. The second-order valence-corrected chi connectivity index (χ2v) is 5.46. The van der Waals surface area contributed by atoms with Gasteiger partial charge >= 0.3 is 6.18 Å². The predicted octanol–water partition coefficient (Wildman–Crippen LogP) is 3.25. The number of alkyl halides is 3. The van der Waals surface area contributed by atoms with Crippen molar-refractivity contribution in [1.82, 2.24) is 4.90 Å². The van der Waals surface area contributed by atoms with Crippen molar-refractivity contribution in [2.45, 2.75) is 24.7 Å². The highest BCUT2D eigenvalue weighted by atomic mass is 19.4. The number of rotatable bonds is 2. The Bertz CT molecular complexity index is 697. The highest BCUT2D eigenvalue weighted by Crippen LogP contribution is 2.36. The minimum absolute atomic E-state index is 0.0560. The number of amides is 1. The third-order valence-corrected chi connectivity index (χ3v) is 3.87. The Morgan fingerprint density at radius 1 is 1.26 bits per heavy atom. The van der Waals surface area contributed by atoms with Crippen LogP contribution in [0.15, 0.2) is 47.1 Å². The van der Waals surface area contributed by atoms with Crippen LogP contribution in [0.5, 0.6) is 0 Å². The predicted molar refractivity (Wildman–Crippen MR) is 74.6 cm³/mol. The van der Waals surface area contributed by atoms with Crippen LogP contribution in [0.1, 0.15) is 34.1 Å². The van der Waals surface area contributed by atoms with E-state index in [-0.39, 0.29) is 18.7 Å². The number of aliphatic hydroxyl groups excluding tert-OH is 1. The highest BCUT2D eigenvalue weighted by molar-refractivity contribution is 5.92. The summed E-state index contributed by atoms with van der Waals surface area (Å²) in [6.45, 7) is 0.0560. The Morgan fingerprint density at radius 2 is 2.04 bits per heavy atom. The summed E-state index contributed by atoms with van der Waals surface area (Å²) in [5.41, 5.74) is -0.432. The van der Waals surface area contributed by atoms with Crippen molar-refractivity contribution in [2.75, 3.05) is 6.54 Å². The molecule has 0 radical (unpaired) electrons. The normalized spacial score (nSPS) is 21.7. The van der Waals surface area contributed by atoms with E-state index in [1.165, 1.54) is 29.4 Å². The summed E-state index contributed by atoms with van der Waals surface area (Å²) in [7, 11) is 0. The summed E-state index contributed by atoms with van der Waals surface area (Å²) in [6, 6.07) is 7.25. The third-order valence-electron chi connectivity index (χ3n) is 3.87. The third kappa shape index (κ3) is 3.10. The summed E-state index contributed by atoms with van der Waals surface area (Å²) < 4.78 is 43.6. The number of hydrogen-bond acceptors (Lipinski definition) is 3. The fraction of sp³-hybridized carbons (Fsp3) is 0.312. The minimum atomic E-state index is -4.46. The molecule has 3 rings (SSSR count). The maximum absolute atomic E-state index is 12.9. The average molecular weight is 325 g/mol. The molecule has 1 N–H and O–H groups in total. The van der Waals surface area contributed by atoms with Gasteiger partial charge in [0.1, 0.15) is 0 Å². The molecular weight excluding hydrogens is 311 g/mol. The monoisotopic (exact) mass is 325 g/mol. The Balaban J connectivity index is 1.92. The van der Waals surface area contributed by atoms with Crippen LogP contribution in [0.25, 0.3) is 0 Å². The molecule has 0 spiro atoms. The fourth-order valence-electron chi connectivity index (χ4n) is 2.82. The quantitative estimate of drug-likeness (QED) is 0.922.